The van der Waals surface area contributed by atoms with Crippen molar-refractivity contribution in [3.63, 3.8) is 0 Å². The molecule has 0 saturated carbocycles. The SMILES string of the molecule is CCSC(C(=O)OCC(C)C)C(C)C(=O)NC(CC(=O)OC(C)(C)C)C(=O)COC(=O)Cc1cccc2ccccc12. The molecule has 42 heavy (non-hydrogen) atoms. The van der Waals surface area contributed by atoms with Gasteiger partial charge in [0.2, 0.25) is 5.91 Å². The molecule has 0 aliphatic rings. The maximum atomic E-state index is 13.2. The quantitative estimate of drug-likeness (QED) is 0.229. The van der Waals surface area contributed by atoms with Crippen molar-refractivity contribution in [1.29, 1.82) is 0 Å². The van der Waals surface area contributed by atoms with Gasteiger partial charge in [-0.25, -0.2) is 0 Å². The molecule has 0 aromatic heterocycles. The number of hydrogen-bond donors (Lipinski definition) is 1. The summed E-state index contributed by atoms with van der Waals surface area (Å²) in [6, 6.07) is 11.9. The topological polar surface area (TPSA) is 125 Å². The van der Waals surface area contributed by atoms with Crippen LogP contribution in [0, 0.1) is 11.8 Å². The van der Waals surface area contributed by atoms with Crippen LogP contribution in [0.2, 0.25) is 0 Å². The molecule has 3 atom stereocenters. The minimum atomic E-state index is -1.32. The Labute approximate surface area is 252 Å². The van der Waals surface area contributed by atoms with Gasteiger partial charge in [0.05, 0.1) is 25.4 Å². The number of Topliss-reactive ketones (excluding diaryl/α,β-unsaturated/α-hetero) is 1. The molecule has 1 N–H and O–H groups in total. The fraction of sp³-hybridized carbons (Fsp3) is 0.531. The molecular weight excluding hydrogens is 558 g/mol. The van der Waals surface area contributed by atoms with Crippen molar-refractivity contribution in [2.75, 3.05) is 19.0 Å². The second kappa shape index (κ2) is 16.3. The van der Waals surface area contributed by atoms with Gasteiger partial charge in [-0.2, -0.15) is 0 Å². The van der Waals surface area contributed by atoms with Crippen LogP contribution < -0.4 is 5.32 Å². The second-order valence-corrected chi connectivity index (χ2v) is 12.9. The number of carbonyl (C=O) groups is 5. The molecule has 0 heterocycles. The number of amides is 1. The Morgan fingerprint density at radius 3 is 2.21 bits per heavy atom. The number of ketones is 1. The van der Waals surface area contributed by atoms with E-state index >= 15 is 0 Å². The summed E-state index contributed by atoms with van der Waals surface area (Å²) in [5.74, 6) is -3.29. The summed E-state index contributed by atoms with van der Waals surface area (Å²) >= 11 is 1.26. The Hall–Kier alpha value is -3.40. The molecule has 0 fully saturated rings. The van der Waals surface area contributed by atoms with Crippen molar-refractivity contribution in [3.8, 4) is 0 Å². The molecule has 2 aromatic rings. The smallest absolute Gasteiger partial charge is 0.319 e. The first kappa shape index (κ1) is 34.8. The third kappa shape index (κ3) is 11.5. The summed E-state index contributed by atoms with van der Waals surface area (Å²) in [6.07, 6.45) is -0.512. The molecule has 2 rings (SSSR count). The van der Waals surface area contributed by atoms with Crippen LogP contribution in [-0.2, 0) is 44.6 Å². The molecule has 0 aliphatic heterocycles. The predicted octanol–water partition coefficient (Wildman–Crippen LogP) is 4.67. The molecule has 0 aliphatic carbocycles. The molecule has 0 radical (unpaired) electrons. The van der Waals surface area contributed by atoms with E-state index in [0.29, 0.717) is 5.75 Å². The number of rotatable bonds is 15. The van der Waals surface area contributed by atoms with Gasteiger partial charge >= 0.3 is 17.9 Å². The molecular formula is C32H43NO8S. The van der Waals surface area contributed by atoms with Gasteiger partial charge in [0.1, 0.15) is 16.9 Å². The largest absolute Gasteiger partial charge is 0.465 e. The number of ether oxygens (including phenoxy) is 3. The van der Waals surface area contributed by atoms with E-state index in [9.17, 15) is 24.0 Å². The molecule has 0 saturated heterocycles. The van der Waals surface area contributed by atoms with Crippen LogP contribution in [0.15, 0.2) is 42.5 Å². The third-order valence-corrected chi connectivity index (χ3v) is 7.38. The van der Waals surface area contributed by atoms with Crippen LogP contribution in [0.3, 0.4) is 0 Å². The number of thioether (sulfide) groups is 1. The summed E-state index contributed by atoms with van der Waals surface area (Å²) < 4.78 is 16.0. The average Bonchev–Trinajstić information content (AvgIpc) is 2.91. The Balaban J connectivity index is 2.13. The van der Waals surface area contributed by atoms with Gasteiger partial charge in [0.25, 0.3) is 0 Å². The minimum Gasteiger partial charge on any atom is -0.465 e. The zero-order chi connectivity index (χ0) is 31.4. The average molecular weight is 602 g/mol. The fourth-order valence-corrected chi connectivity index (χ4v) is 5.04. The van der Waals surface area contributed by atoms with Crippen LogP contribution in [0.5, 0.6) is 0 Å². The number of esters is 3. The van der Waals surface area contributed by atoms with Crippen molar-refractivity contribution < 1.29 is 38.2 Å². The van der Waals surface area contributed by atoms with Crippen LogP contribution >= 0.6 is 11.8 Å². The lowest BCUT2D eigenvalue weighted by atomic mass is 10.0. The fourth-order valence-electron chi connectivity index (χ4n) is 4.07. The lowest BCUT2D eigenvalue weighted by molar-refractivity contribution is -0.157. The van der Waals surface area contributed by atoms with Gasteiger partial charge in [0.15, 0.2) is 12.4 Å². The maximum Gasteiger partial charge on any atom is 0.319 e. The highest BCUT2D eigenvalue weighted by Gasteiger charge is 2.35. The van der Waals surface area contributed by atoms with Crippen LogP contribution in [0.4, 0.5) is 0 Å². The summed E-state index contributed by atoms with van der Waals surface area (Å²) in [5, 5.41) is 3.66. The normalized spacial score (nSPS) is 13.6. The van der Waals surface area contributed by atoms with Crippen LogP contribution in [-0.4, -0.2) is 65.5 Å². The minimum absolute atomic E-state index is 0.0524. The maximum absolute atomic E-state index is 13.2. The van der Waals surface area contributed by atoms with E-state index in [1.165, 1.54) is 11.8 Å². The number of nitrogens with one attached hydrogen (secondary N) is 1. The predicted molar refractivity (Wildman–Crippen MR) is 163 cm³/mol. The van der Waals surface area contributed by atoms with Crippen LogP contribution in [0.25, 0.3) is 10.8 Å². The van der Waals surface area contributed by atoms with E-state index in [1.54, 1.807) is 27.7 Å². The van der Waals surface area contributed by atoms with E-state index in [2.05, 4.69) is 5.32 Å². The Morgan fingerprint density at radius 2 is 1.57 bits per heavy atom. The summed E-state index contributed by atoms with van der Waals surface area (Å²) in [7, 11) is 0. The highest BCUT2D eigenvalue weighted by Crippen LogP contribution is 2.23. The first-order chi connectivity index (χ1) is 19.7. The van der Waals surface area contributed by atoms with Gasteiger partial charge in [-0.05, 0) is 48.8 Å². The van der Waals surface area contributed by atoms with E-state index < -0.39 is 65.4 Å². The molecule has 0 spiro atoms. The van der Waals surface area contributed by atoms with Gasteiger partial charge in [0, 0.05) is 0 Å². The Bertz CT molecular complexity index is 1250. The van der Waals surface area contributed by atoms with Gasteiger partial charge < -0.3 is 19.5 Å². The standard InChI is InChI=1S/C32H43NO8S/c1-8-42-29(31(38)40-18-20(2)3)21(4)30(37)33-25(17-28(36)41-32(5,6)7)26(34)19-39-27(35)16-23-14-11-13-22-12-9-10-15-24(22)23/h9-15,20-21,25,29H,8,16-19H2,1-7H3,(H,33,37). The number of carbonyl (C=O) groups excluding carboxylic acids is 5. The molecule has 230 valence electrons. The molecule has 0 bridgehead atoms. The van der Waals surface area contributed by atoms with Gasteiger partial charge in [-0.15, -0.1) is 11.8 Å². The molecule has 9 nitrogen and oxygen atoms in total. The second-order valence-electron chi connectivity index (χ2n) is 11.5. The number of fused-ring (bicyclic) bond motifs is 1. The van der Waals surface area contributed by atoms with Crippen molar-refractivity contribution in [2.45, 2.75) is 78.2 Å². The van der Waals surface area contributed by atoms with Crippen molar-refractivity contribution >= 4 is 52.1 Å². The first-order valence-electron chi connectivity index (χ1n) is 14.2. The first-order valence-corrected chi connectivity index (χ1v) is 15.2. The Morgan fingerprint density at radius 1 is 0.905 bits per heavy atom. The number of benzene rings is 2. The van der Waals surface area contributed by atoms with E-state index in [0.717, 1.165) is 16.3 Å². The lowest BCUT2D eigenvalue weighted by Crippen LogP contribution is -2.49. The van der Waals surface area contributed by atoms with Crippen molar-refractivity contribution in [2.24, 2.45) is 11.8 Å². The molecule has 1 amide bonds. The summed E-state index contributed by atoms with van der Waals surface area (Å²) in [4.78, 5) is 64.4. The number of hydrogen-bond acceptors (Lipinski definition) is 9. The zero-order valence-electron chi connectivity index (χ0n) is 25.6. The Kier molecular flexibility index (Phi) is 13.5. The highest BCUT2D eigenvalue weighted by molar-refractivity contribution is 8.00. The van der Waals surface area contributed by atoms with Gasteiger partial charge in [-0.3, -0.25) is 24.0 Å². The van der Waals surface area contributed by atoms with E-state index in [4.69, 9.17) is 14.2 Å². The third-order valence-electron chi connectivity index (χ3n) is 6.09. The molecule has 2 aromatic carbocycles. The monoisotopic (exact) mass is 601 g/mol. The van der Waals surface area contributed by atoms with Crippen molar-refractivity contribution in [3.05, 3.63) is 48.0 Å². The summed E-state index contributed by atoms with van der Waals surface area (Å²) in [6.45, 7) is 11.9. The lowest BCUT2D eigenvalue weighted by Gasteiger charge is -2.25. The highest BCUT2D eigenvalue weighted by atomic mass is 32.2. The molecule has 3 unspecified atom stereocenters. The van der Waals surface area contributed by atoms with Crippen molar-refractivity contribution in [1.82, 2.24) is 5.32 Å². The van der Waals surface area contributed by atoms with E-state index in [1.807, 2.05) is 63.2 Å². The summed E-state index contributed by atoms with van der Waals surface area (Å²) in [5.41, 5.74) is -0.0579. The molecule has 10 heteroatoms. The van der Waals surface area contributed by atoms with Crippen LogP contribution in [0.1, 0.15) is 60.5 Å². The van der Waals surface area contributed by atoms with Gasteiger partial charge in [-0.1, -0.05) is 70.2 Å². The van der Waals surface area contributed by atoms with E-state index in [-0.39, 0.29) is 18.9 Å². The zero-order valence-corrected chi connectivity index (χ0v) is 26.4.